The van der Waals surface area contributed by atoms with Gasteiger partial charge in [-0.2, -0.15) is 0 Å². The Morgan fingerprint density at radius 2 is 1.97 bits per heavy atom. The number of nitro benzene ring substituents is 1. The van der Waals surface area contributed by atoms with Crippen LogP contribution in [0.1, 0.15) is 27.2 Å². The number of carbonyl (C=O) groups excluding carboxylic acids is 2. The third-order valence-corrected chi connectivity index (χ3v) is 3.89. The van der Waals surface area contributed by atoms with Gasteiger partial charge in [0.05, 0.1) is 16.4 Å². The molecule has 1 aromatic heterocycles. The SMILES string of the molecule is CC(C)CC(N)C(=O)NC(C)C(=O)OOc1ccc([N+](=O)[O-])c2cccnc12.Cl. The highest BCUT2D eigenvalue weighted by Gasteiger charge is 2.24. The Kier molecular flexibility index (Phi) is 8.74. The van der Waals surface area contributed by atoms with Gasteiger partial charge in [0, 0.05) is 12.3 Å². The third-order valence-electron chi connectivity index (χ3n) is 3.89. The summed E-state index contributed by atoms with van der Waals surface area (Å²) in [6.07, 6.45) is 1.91. The maximum atomic E-state index is 12.1. The number of nitro groups is 1. The minimum absolute atomic E-state index is 0. The molecule has 2 rings (SSSR count). The molecule has 158 valence electrons. The topological polar surface area (TPSA) is 147 Å². The van der Waals surface area contributed by atoms with Gasteiger partial charge in [-0.3, -0.25) is 24.8 Å². The maximum absolute atomic E-state index is 12.1. The van der Waals surface area contributed by atoms with Crippen LogP contribution in [0.4, 0.5) is 5.69 Å². The summed E-state index contributed by atoms with van der Waals surface area (Å²) in [7, 11) is 0. The summed E-state index contributed by atoms with van der Waals surface area (Å²) in [6, 6.07) is 3.82. The van der Waals surface area contributed by atoms with Crippen LogP contribution in [0.15, 0.2) is 30.5 Å². The van der Waals surface area contributed by atoms with Gasteiger partial charge in [-0.15, -0.1) is 12.4 Å². The van der Waals surface area contributed by atoms with E-state index < -0.39 is 28.9 Å². The number of halogens is 1. The molecule has 3 N–H and O–H groups in total. The van der Waals surface area contributed by atoms with Crippen molar-refractivity contribution >= 4 is 40.9 Å². The molecule has 0 radical (unpaired) electrons. The number of nitrogens with one attached hydrogen (secondary N) is 1. The molecule has 0 fully saturated rings. The normalized spacial score (nSPS) is 12.6. The summed E-state index contributed by atoms with van der Waals surface area (Å²) < 4.78 is 0. The highest BCUT2D eigenvalue weighted by Crippen LogP contribution is 2.31. The first-order valence-corrected chi connectivity index (χ1v) is 8.67. The molecule has 0 aliphatic rings. The minimum atomic E-state index is -0.997. The number of rotatable bonds is 8. The quantitative estimate of drug-likeness (QED) is 0.371. The number of nitrogens with two attached hydrogens (primary N) is 1. The fraction of sp³-hybridized carbons (Fsp3) is 0.389. The number of benzene rings is 1. The van der Waals surface area contributed by atoms with Crippen LogP contribution in [0.3, 0.4) is 0 Å². The first-order valence-electron chi connectivity index (χ1n) is 8.67. The standard InChI is InChI=1S/C18H22N4O6.ClH/c1-10(2)9-13(19)17(23)21-11(3)18(24)28-27-15-7-6-14(22(25)26)12-5-4-8-20-16(12)15;/h4-8,10-11,13H,9,19H2,1-3H3,(H,21,23);1H. The molecule has 0 aliphatic heterocycles. The highest BCUT2D eigenvalue weighted by atomic mass is 35.5. The van der Waals surface area contributed by atoms with Gasteiger partial charge in [0.25, 0.3) is 5.69 Å². The molecule has 1 amide bonds. The molecule has 2 unspecified atom stereocenters. The second kappa shape index (κ2) is 10.5. The van der Waals surface area contributed by atoms with E-state index in [4.69, 9.17) is 15.5 Å². The van der Waals surface area contributed by atoms with E-state index in [0.29, 0.717) is 6.42 Å². The van der Waals surface area contributed by atoms with Crippen molar-refractivity contribution in [1.29, 1.82) is 0 Å². The van der Waals surface area contributed by atoms with Gasteiger partial charge in [-0.05, 0) is 37.5 Å². The summed E-state index contributed by atoms with van der Waals surface area (Å²) in [5.41, 5.74) is 5.79. The molecule has 0 aliphatic carbocycles. The van der Waals surface area contributed by atoms with Crippen LogP contribution in [0.2, 0.25) is 0 Å². The van der Waals surface area contributed by atoms with E-state index >= 15 is 0 Å². The van der Waals surface area contributed by atoms with Gasteiger partial charge in [0.15, 0.2) is 0 Å². The van der Waals surface area contributed by atoms with Crippen LogP contribution < -0.4 is 15.9 Å². The molecule has 2 atom stereocenters. The van der Waals surface area contributed by atoms with Crippen LogP contribution in [-0.2, 0) is 14.5 Å². The van der Waals surface area contributed by atoms with Crippen molar-refractivity contribution in [2.75, 3.05) is 0 Å². The Balaban J connectivity index is 0.00000420. The van der Waals surface area contributed by atoms with Gasteiger partial charge in [0.1, 0.15) is 11.6 Å². The van der Waals surface area contributed by atoms with Crippen LogP contribution in [0, 0.1) is 16.0 Å². The lowest BCUT2D eigenvalue weighted by Crippen LogP contribution is -2.48. The maximum Gasteiger partial charge on any atom is 0.377 e. The second-order valence-corrected chi connectivity index (χ2v) is 6.69. The van der Waals surface area contributed by atoms with E-state index in [1.165, 1.54) is 31.3 Å². The van der Waals surface area contributed by atoms with E-state index in [0.717, 1.165) is 0 Å². The number of hydrogen-bond acceptors (Lipinski definition) is 8. The molecule has 29 heavy (non-hydrogen) atoms. The van der Waals surface area contributed by atoms with Gasteiger partial charge < -0.3 is 11.1 Å². The molecule has 11 heteroatoms. The average Bonchev–Trinajstić information content (AvgIpc) is 2.64. The average molecular weight is 427 g/mol. The minimum Gasteiger partial charge on any atom is -0.341 e. The largest absolute Gasteiger partial charge is 0.377 e. The predicted molar refractivity (Wildman–Crippen MR) is 107 cm³/mol. The van der Waals surface area contributed by atoms with Crippen molar-refractivity contribution < 1.29 is 24.3 Å². The molecule has 10 nitrogen and oxygen atoms in total. The first kappa shape index (κ1) is 24.1. The number of fused-ring (bicyclic) bond motifs is 1. The molecular weight excluding hydrogens is 404 g/mol. The second-order valence-electron chi connectivity index (χ2n) is 6.69. The third kappa shape index (κ3) is 6.26. The van der Waals surface area contributed by atoms with Gasteiger partial charge in [-0.25, -0.2) is 9.68 Å². The summed E-state index contributed by atoms with van der Waals surface area (Å²) >= 11 is 0. The van der Waals surface area contributed by atoms with E-state index in [-0.39, 0.29) is 40.7 Å². The summed E-state index contributed by atoms with van der Waals surface area (Å²) in [4.78, 5) is 48.4. The zero-order valence-electron chi connectivity index (χ0n) is 16.2. The Morgan fingerprint density at radius 3 is 2.59 bits per heavy atom. The monoisotopic (exact) mass is 426 g/mol. The number of carbonyl (C=O) groups is 2. The Morgan fingerprint density at radius 1 is 1.28 bits per heavy atom. The molecule has 0 bridgehead atoms. The van der Waals surface area contributed by atoms with Crippen molar-refractivity contribution in [1.82, 2.24) is 10.3 Å². The predicted octanol–water partition coefficient (Wildman–Crippen LogP) is 2.28. The number of non-ortho nitro benzene ring substituents is 1. The van der Waals surface area contributed by atoms with Crippen molar-refractivity contribution in [2.45, 2.75) is 39.3 Å². The van der Waals surface area contributed by atoms with E-state index in [1.54, 1.807) is 6.07 Å². The number of amides is 1. The molecular formula is C18H23ClN4O6. The Bertz CT molecular complexity index is 892. The van der Waals surface area contributed by atoms with Crippen LogP contribution in [-0.4, -0.2) is 33.9 Å². The number of nitrogens with zero attached hydrogens (tertiary/aromatic N) is 2. The molecule has 1 aromatic carbocycles. The van der Waals surface area contributed by atoms with Gasteiger partial charge in [0.2, 0.25) is 11.7 Å². The van der Waals surface area contributed by atoms with Gasteiger partial charge >= 0.3 is 5.97 Å². The van der Waals surface area contributed by atoms with Crippen molar-refractivity contribution in [2.24, 2.45) is 11.7 Å². The van der Waals surface area contributed by atoms with Gasteiger partial charge in [-0.1, -0.05) is 13.8 Å². The van der Waals surface area contributed by atoms with Crippen molar-refractivity contribution in [3.05, 3.63) is 40.6 Å². The molecule has 1 heterocycles. The zero-order valence-corrected chi connectivity index (χ0v) is 17.0. The molecule has 0 saturated heterocycles. The van der Waals surface area contributed by atoms with Crippen LogP contribution in [0.5, 0.6) is 5.75 Å². The van der Waals surface area contributed by atoms with E-state index in [1.807, 2.05) is 13.8 Å². The number of hydrogen-bond donors (Lipinski definition) is 2. The number of pyridine rings is 1. The Labute approximate surface area is 173 Å². The first-order chi connectivity index (χ1) is 13.2. The lowest BCUT2D eigenvalue weighted by molar-refractivity contribution is -0.383. The summed E-state index contributed by atoms with van der Waals surface area (Å²) in [5, 5.41) is 13.8. The lowest BCUT2D eigenvalue weighted by atomic mass is 10.0. The zero-order chi connectivity index (χ0) is 20.8. The van der Waals surface area contributed by atoms with E-state index in [9.17, 15) is 19.7 Å². The van der Waals surface area contributed by atoms with Crippen molar-refractivity contribution in [3.8, 4) is 5.75 Å². The fourth-order valence-electron chi connectivity index (χ4n) is 2.51. The highest BCUT2D eigenvalue weighted by molar-refractivity contribution is 5.92. The summed E-state index contributed by atoms with van der Waals surface area (Å²) in [6.45, 7) is 5.29. The van der Waals surface area contributed by atoms with Crippen molar-refractivity contribution in [3.63, 3.8) is 0 Å². The molecule has 0 spiro atoms. The lowest BCUT2D eigenvalue weighted by Gasteiger charge is -2.17. The molecule has 0 saturated carbocycles. The number of aromatic nitrogens is 1. The van der Waals surface area contributed by atoms with Crippen LogP contribution >= 0.6 is 12.4 Å². The summed E-state index contributed by atoms with van der Waals surface area (Å²) in [5.74, 6) is -1.06. The Hall–Kier alpha value is -2.98. The fourth-order valence-corrected chi connectivity index (χ4v) is 2.51. The smallest absolute Gasteiger partial charge is 0.341 e. The van der Waals surface area contributed by atoms with Crippen LogP contribution in [0.25, 0.3) is 10.9 Å². The molecule has 2 aromatic rings. The van der Waals surface area contributed by atoms with E-state index in [2.05, 4.69) is 10.3 Å².